The molecule has 1 heterocycles. The highest BCUT2D eigenvalue weighted by molar-refractivity contribution is 5.67. The van der Waals surface area contributed by atoms with E-state index in [1.807, 2.05) is 4.90 Å². The second-order valence-corrected chi connectivity index (χ2v) is 10.4. The number of nitrogens with zero attached hydrogens (tertiary/aromatic N) is 5. The normalized spacial score (nSPS) is 21.4. The average Bonchev–Trinajstić information content (AvgIpc) is 2.87. The Morgan fingerprint density at radius 2 is 0.976 bits per heavy atom. The molecule has 0 aromatic heterocycles. The standard InChI is InChI=1S/C24H47N5O12/c1-25(12-18(32)23(40)24(41)19(33)16-30)10-17(31)11-26-2-4-27(13-20(34)35)6-8-29(15-22(38)39)9-7-28(5-3-26)14-21(36)37/h17-19,23-24,30-33,40-41H,2-16H2,1H3,(H,34,35)(H,36,37)(H,38,39)/p-3. The Balaban J connectivity index is 2.88. The van der Waals surface area contributed by atoms with Gasteiger partial charge in [0.05, 0.1) is 36.7 Å². The number of hydrogen-bond donors (Lipinski definition) is 6. The zero-order chi connectivity index (χ0) is 31.1. The van der Waals surface area contributed by atoms with E-state index in [1.54, 1.807) is 16.8 Å². The van der Waals surface area contributed by atoms with Gasteiger partial charge in [-0.05, 0) is 7.05 Å². The van der Waals surface area contributed by atoms with E-state index in [-0.39, 0.29) is 72.0 Å². The molecule has 1 aliphatic heterocycles. The van der Waals surface area contributed by atoms with E-state index in [0.717, 1.165) is 0 Å². The topological polar surface area (TPSA) is 258 Å². The number of hydrogen-bond acceptors (Lipinski definition) is 17. The lowest BCUT2D eigenvalue weighted by molar-refractivity contribution is -0.308. The zero-order valence-corrected chi connectivity index (χ0v) is 23.4. The van der Waals surface area contributed by atoms with Crippen LogP contribution in [-0.2, 0) is 14.4 Å². The summed E-state index contributed by atoms with van der Waals surface area (Å²) < 4.78 is 0. The van der Waals surface area contributed by atoms with Crippen LogP contribution in [0, 0.1) is 0 Å². The number of carbonyl (C=O) groups is 3. The number of aliphatic hydroxyl groups excluding tert-OH is 6. The number of carboxylic acids is 3. The molecule has 0 amide bonds. The van der Waals surface area contributed by atoms with Gasteiger partial charge in [0, 0.05) is 91.6 Å². The highest BCUT2D eigenvalue weighted by atomic mass is 16.4. The van der Waals surface area contributed by atoms with Gasteiger partial charge < -0.3 is 65.2 Å². The molecule has 5 unspecified atom stereocenters. The molecule has 0 radical (unpaired) electrons. The molecule has 0 spiro atoms. The maximum absolute atomic E-state index is 11.3. The van der Waals surface area contributed by atoms with Crippen LogP contribution in [0.2, 0.25) is 0 Å². The van der Waals surface area contributed by atoms with E-state index in [9.17, 15) is 55.2 Å². The predicted molar refractivity (Wildman–Crippen MR) is 135 cm³/mol. The monoisotopic (exact) mass is 594 g/mol. The van der Waals surface area contributed by atoms with Crippen LogP contribution in [0.25, 0.3) is 0 Å². The fraction of sp³-hybridized carbons (Fsp3) is 0.875. The molecular formula is C24H44N5O12-3. The van der Waals surface area contributed by atoms with E-state index >= 15 is 0 Å². The van der Waals surface area contributed by atoms with Crippen molar-refractivity contribution in [1.29, 1.82) is 0 Å². The molecule has 1 aliphatic rings. The number of aliphatic hydroxyl groups is 6. The number of likely N-dealkylation sites (N-methyl/N-ethyl adjacent to an activating group) is 1. The van der Waals surface area contributed by atoms with Crippen molar-refractivity contribution >= 4 is 17.9 Å². The zero-order valence-electron chi connectivity index (χ0n) is 23.4. The Hall–Kier alpha value is -2.03. The van der Waals surface area contributed by atoms with Crippen molar-refractivity contribution in [1.82, 2.24) is 24.5 Å². The third-order valence-corrected chi connectivity index (χ3v) is 6.80. The summed E-state index contributed by atoms with van der Waals surface area (Å²) >= 11 is 0. The van der Waals surface area contributed by atoms with Crippen LogP contribution in [0.5, 0.6) is 0 Å². The molecule has 5 atom stereocenters. The van der Waals surface area contributed by atoms with Crippen molar-refractivity contribution in [3.8, 4) is 0 Å². The van der Waals surface area contributed by atoms with Gasteiger partial charge in [-0.1, -0.05) is 0 Å². The highest BCUT2D eigenvalue weighted by Crippen LogP contribution is 2.08. The van der Waals surface area contributed by atoms with E-state index in [2.05, 4.69) is 0 Å². The lowest BCUT2D eigenvalue weighted by Crippen LogP contribution is -2.52. The van der Waals surface area contributed by atoms with Gasteiger partial charge in [0.2, 0.25) is 0 Å². The number of β-amino-alcohol motifs (C(OH)–C–C–N with tert-alkyl or cyclic N) is 1. The first-order valence-corrected chi connectivity index (χ1v) is 13.4. The molecule has 17 heteroatoms. The van der Waals surface area contributed by atoms with Crippen molar-refractivity contribution in [2.45, 2.75) is 30.5 Å². The van der Waals surface area contributed by atoms with Gasteiger partial charge in [0.1, 0.15) is 18.3 Å². The molecule has 0 aromatic carbocycles. The Morgan fingerprint density at radius 1 is 0.634 bits per heavy atom. The summed E-state index contributed by atoms with van der Waals surface area (Å²) in [6.45, 7) is -0.322. The molecule has 17 nitrogen and oxygen atoms in total. The van der Waals surface area contributed by atoms with Gasteiger partial charge in [-0.2, -0.15) is 0 Å². The van der Waals surface area contributed by atoms with Gasteiger partial charge in [0.15, 0.2) is 0 Å². The first-order chi connectivity index (χ1) is 19.2. The minimum absolute atomic E-state index is 0.0165. The fourth-order valence-corrected chi connectivity index (χ4v) is 4.56. The molecule has 0 aromatic rings. The van der Waals surface area contributed by atoms with Gasteiger partial charge in [-0.15, -0.1) is 0 Å². The number of carboxylic acid groups (broad SMARTS) is 3. The van der Waals surface area contributed by atoms with Gasteiger partial charge in [0.25, 0.3) is 0 Å². The smallest absolute Gasteiger partial charge is 0.111 e. The van der Waals surface area contributed by atoms with Crippen LogP contribution >= 0.6 is 0 Å². The number of aliphatic carboxylic acids is 3. The quantitative estimate of drug-likeness (QED) is 0.0969. The number of rotatable bonds is 16. The van der Waals surface area contributed by atoms with Crippen molar-refractivity contribution < 1.29 is 60.3 Å². The lowest BCUT2D eigenvalue weighted by atomic mass is 10.0. The van der Waals surface area contributed by atoms with Crippen LogP contribution in [0.4, 0.5) is 0 Å². The first-order valence-electron chi connectivity index (χ1n) is 13.4. The van der Waals surface area contributed by atoms with E-state index in [0.29, 0.717) is 0 Å². The maximum Gasteiger partial charge on any atom is 0.111 e. The van der Waals surface area contributed by atoms with Crippen molar-refractivity contribution in [3.63, 3.8) is 0 Å². The average molecular weight is 595 g/mol. The van der Waals surface area contributed by atoms with Gasteiger partial charge in [-0.3, -0.25) is 19.6 Å². The summed E-state index contributed by atoms with van der Waals surface area (Å²) in [4.78, 5) is 41.7. The molecule has 6 N–H and O–H groups in total. The molecule has 0 aliphatic carbocycles. The molecule has 1 rings (SSSR count). The van der Waals surface area contributed by atoms with Crippen LogP contribution in [0.3, 0.4) is 0 Å². The fourth-order valence-electron chi connectivity index (χ4n) is 4.56. The Morgan fingerprint density at radius 3 is 1.32 bits per heavy atom. The molecule has 0 bridgehead atoms. The number of carbonyl (C=O) groups excluding carboxylic acids is 3. The Bertz CT molecular complexity index is 764. The minimum Gasteiger partial charge on any atom is -0.549 e. The first kappa shape index (κ1) is 37.0. The third kappa shape index (κ3) is 15.7. The van der Waals surface area contributed by atoms with Crippen molar-refractivity contribution in [3.05, 3.63) is 0 Å². The molecular weight excluding hydrogens is 550 g/mol. The van der Waals surface area contributed by atoms with Gasteiger partial charge in [-0.25, -0.2) is 0 Å². The van der Waals surface area contributed by atoms with Crippen LogP contribution in [-0.4, -0.2) is 209 Å². The summed E-state index contributed by atoms with van der Waals surface area (Å²) in [6, 6.07) is 0. The molecule has 1 saturated heterocycles. The van der Waals surface area contributed by atoms with Crippen molar-refractivity contribution in [2.75, 3.05) is 105 Å². The van der Waals surface area contributed by atoms with E-state index in [1.165, 1.54) is 9.80 Å². The van der Waals surface area contributed by atoms with Crippen LogP contribution in [0.15, 0.2) is 0 Å². The van der Waals surface area contributed by atoms with Gasteiger partial charge >= 0.3 is 0 Å². The lowest BCUT2D eigenvalue weighted by Gasteiger charge is -2.35. The SMILES string of the molecule is CN(CC(O)CN1CCN(CC(=O)[O-])CCN(CC(=O)[O-])CCN(CC(=O)[O-])CC1)CC(O)C(O)C(O)C(O)CO. The molecule has 41 heavy (non-hydrogen) atoms. The Labute approximate surface area is 239 Å². The predicted octanol–water partition coefficient (Wildman–Crippen LogP) is -9.81. The largest absolute Gasteiger partial charge is 0.549 e. The summed E-state index contributed by atoms with van der Waals surface area (Å²) in [7, 11) is 1.55. The Kier molecular flexibility index (Phi) is 17.3. The second-order valence-electron chi connectivity index (χ2n) is 10.4. The summed E-state index contributed by atoms with van der Waals surface area (Å²) in [5.74, 6) is -3.94. The minimum atomic E-state index is -1.78. The second kappa shape index (κ2) is 19.2. The highest BCUT2D eigenvalue weighted by Gasteiger charge is 2.31. The summed E-state index contributed by atoms with van der Waals surface area (Å²) in [5, 5.41) is 92.8. The molecule has 240 valence electrons. The van der Waals surface area contributed by atoms with Crippen molar-refractivity contribution in [2.24, 2.45) is 0 Å². The summed E-state index contributed by atoms with van der Waals surface area (Å²) in [6.07, 6.45) is -7.67. The maximum atomic E-state index is 11.3. The van der Waals surface area contributed by atoms with Crippen LogP contribution < -0.4 is 15.3 Å². The third-order valence-electron chi connectivity index (χ3n) is 6.80. The van der Waals surface area contributed by atoms with Crippen LogP contribution in [0.1, 0.15) is 0 Å². The van der Waals surface area contributed by atoms with E-state index < -0.39 is 74.7 Å². The van der Waals surface area contributed by atoms with E-state index in [4.69, 9.17) is 5.11 Å². The molecule has 0 saturated carbocycles. The summed E-state index contributed by atoms with van der Waals surface area (Å²) in [5.41, 5.74) is 0. The molecule has 1 fully saturated rings.